The van der Waals surface area contributed by atoms with E-state index >= 15 is 0 Å². The fourth-order valence-electron chi connectivity index (χ4n) is 2.02. The van der Waals surface area contributed by atoms with Crippen LogP contribution in [0.4, 0.5) is 0 Å². The summed E-state index contributed by atoms with van der Waals surface area (Å²) in [6.07, 6.45) is 0.538. The molecule has 2 aromatic rings. The Kier molecular flexibility index (Phi) is 5.19. The first kappa shape index (κ1) is 16.4. The highest BCUT2D eigenvalue weighted by Gasteiger charge is 2.13. The first-order valence-electron chi connectivity index (χ1n) is 6.89. The summed E-state index contributed by atoms with van der Waals surface area (Å²) >= 11 is 0. The first-order chi connectivity index (χ1) is 11.0. The van der Waals surface area contributed by atoms with Gasteiger partial charge in [0.05, 0.1) is 12.7 Å². The number of aromatic carboxylic acids is 1. The number of rotatable bonds is 6. The number of hydrogen-bond acceptors (Lipinski definition) is 5. The molecule has 0 unspecified atom stereocenters. The van der Waals surface area contributed by atoms with E-state index in [0.29, 0.717) is 6.42 Å². The highest BCUT2D eigenvalue weighted by atomic mass is 16.6. The number of hydrogen-bond donors (Lipinski definition) is 2. The second kappa shape index (κ2) is 7.31. The van der Waals surface area contributed by atoms with Gasteiger partial charge in [-0.05, 0) is 42.3 Å². The van der Waals surface area contributed by atoms with Crippen LogP contribution < -0.4 is 9.47 Å². The summed E-state index contributed by atoms with van der Waals surface area (Å²) < 4.78 is 10.2. The van der Waals surface area contributed by atoms with Gasteiger partial charge in [-0.15, -0.1) is 0 Å². The molecule has 0 radical (unpaired) electrons. The fraction of sp³-hybridized carbons (Fsp3) is 0.176. The molecule has 0 saturated carbocycles. The minimum Gasteiger partial charge on any atom is -0.508 e. The van der Waals surface area contributed by atoms with Gasteiger partial charge in [0, 0.05) is 6.42 Å². The molecule has 0 spiro atoms. The minimum atomic E-state index is -1.09. The van der Waals surface area contributed by atoms with Gasteiger partial charge in [0.1, 0.15) is 5.75 Å². The van der Waals surface area contributed by atoms with E-state index in [0.717, 1.165) is 5.56 Å². The lowest BCUT2D eigenvalue weighted by Gasteiger charge is -2.10. The zero-order valence-electron chi connectivity index (χ0n) is 12.5. The molecule has 6 nitrogen and oxygen atoms in total. The zero-order chi connectivity index (χ0) is 16.8. The molecule has 0 fully saturated rings. The largest absolute Gasteiger partial charge is 0.508 e. The van der Waals surface area contributed by atoms with Gasteiger partial charge < -0.3 is 19.7 Å². The van der Waals surface area contributed by atoms with Crippen LogP contribution in [-0.4, -0.2) is 29.3 Å². The third-order valence-electron chi connectivity index (χ3n) is 3.16. The van der Waals surface area contributed by atoms with Crippen molar-refractivity contribution in [2.45, 2.75) is 12.8 Å². The van der Waals surface area contributed by atoms with E-state index in [9.17, 15) is 14.7 Å². The maximum absolute atomic E-state index is 11.9. The maximum Gasteiger partial charge on any atom is 0.335 e. The van der Waals surface area contributed by atoms with Crippen LogP contribution in [0.15, 0.2) is 42.5 Å². The number of esters is 1. The van der Waals surface area contributed by atoms with Gasteiger partial charge in [-0.3, -0.25) is 4.79 Å². The molecule has 2 aromatic carbocycles. The van der Waals surface area contributed by atoms with Gasteiger partial charge in [-0.2, -0.15) is 0 Å². The van der Waals surface area contributed by atoms with Crippen LogP contribution in [0.5, 0.6) is 17.2 Å². The molecular formula is C17H16O6. The lowest BCUT2D eigenvalue weighted by molar-refractivity contribution is -0.134. The molecule has 23 heavy (non-hydrogen) atoms. The van der Waals surface area contributed by atoms with Crippen LogP contribution in [-0.2, 0) is 11.2 Å². The van der Waals surface area contributed by atoms with Gasteiger partial charge >= 0.3 is 11.9 Å². The number of aromatic hydroxyl groups is 1. The normalized spacial score (nSPS) is 10.1. The van der Waals surface area contributed by atoms with Crippen LogP contribution in [0.25, 0.3) is 0 Å². The van der Waals surface area contributed by atoms with Crippen molar-refractivity contribution in [3.63, 3.8) is 0 Å². The predicted molar refractivity (Wildman–Crippen MR) is 82.0 cm³/mol. The van der Waals surface area contributed by atoms with E-state index in [2.05, 4.69) is 0 Å². The lowest BCUT2D eigenvalue weighted by atomic mass is 10.1. The Hall–Kier alpha value is -3.02. The second-order valence-corrected chi connectivity index (χ2v) is 4.81. The molecule has 0 aromatic heterocycles. The molecule has 2 N–H and O–H groups in total. The Morgan fingerprint density at radius 1 is 1.09 bits per heavy atom. The average Bonchev–Trinajstić information content (AvgIpc) is 2.53. The molecule has 0 atom stereocenters. The molecule has 0 aliphatic carbocycles. The topological polar surface area (TPSA) is 93.1 Å². The van der Waals surface area contributed by atoms with Crippen molar-refractivity contribution in [2.75, 3.05) is 7.11 Å². The molecule has 0 aliphatic rings. The van der Waals surface area contributed by atoms with E-state index in [1.165, 1.54) is 25.3 Å². The summed E-state index contributed by atoms with van der Waals surface area (Å²) in [6, 6.07) is 10.6. The van der Waals surface area contributed by atoms with Crippen molar-refractivity contribution in [3.8, 4) is 17.2 Å². The number of phenols is 1. The molecule has 0 aliphatic heterocycles. The molecule has 0 amide bonds. The number of carboxylic acids is 1. The van der Waals surface area contributed by atoms with Gasteiger partial charge in [0.25, 0.3) is 0 Å². The average molecular weight is 316 g/mol. The number of ether oxygens (including phenoxy) is 2. The Balaban J connectivity index is 2.01. The summed E-state index contributed by atoms with van der Waals surface area (Å²) in [5.74, 6) is -1.09. The number of phenolic OH excluding ortho intramolecular Hbond substituents is 1. The van der Waals surface area contributed by atoms with E-state index in [1.54, 1.807) is 24.3 Å². The Morgan fingerprint density at radius 3 is 2.52 bits per heavy atom. The van der Waals surface area contributed by atoms with Crippen molar-refractivity contribution in [1.82, 2.24) is 0 Å². The predicted octanol–water partition coefficient (Wildman–Crippen LogP) is 2.64. The van der Waals surface area contributed by atoms with Crippen LogP contribution in [0.3, 0.4) is 0 Å². The van der Waals surface area contributed by atoms with E-state index in [-0.39, 0.29) is 29.2 Å². The summed E-state index contributed by atoms with van der Waals surface area (Å²) in [5, 5.41) is 18.3. The smallest absolute Gasteiger partial charge is 0.335 e. The number of benzene rings is 2. The molecule has 0 saturated heterocycles. The van der Waals surface area contributed by atoms with Crippen LogP contribution in [0.2, 0.25) is 0 Å². The second-order valence-electron chi connectivity index (χ2n) is 4.81. The SMILES string of the molecule is COc1cc(C(=O)O)ccc1OC(=O)CCc1cccc(O)c1. The lowest BCUT2D eigenvalue weighted by Crippen LogP contribution is -2.10. The summed E-state index contributed by atoms with van der Waals surface area (Å²) in [7, 11) is 1.37. The van der Waals surface area contributed by atoms with Gasteiger partial charge in [0.15, 0.2) is 11.5 Å². The highest BCUT2D eigenvalue weighted by Crippen LogP contribution is 2.28. The zero-order valence-corrected chi connectivity index (χ0v) is 12.5. The van der Waals surface area contributed by atoms with Crippen LogP contribution in [0.1, 0.15) is 22.3 Å². The number of methoxy groups -OCH3 is 1. The van der Waals surface area contributed by atoms with Crippen molar-refractivity contribution in [3.05, 3.63) is 53.6 Å². The molecule has 0 heterocycles. The summed E-state index contributed by atoms with van der Waals surface area (Å²) in [5.41, 5.74) is 0.858. The molecular weight excluding hydrogens is 300 g/mol. The number of aryl methyl sites for hydroxylation is 1. The standard InChI is InChI=1S/C17H16O6/c1-22-15-10-12(17(20)21)6-7-14(15)23-16(19)8-5-11-3-2-4-13(18)9-11/h2-4,6-7,9-10,18H,5,8H2,1H3,(H,20,21). The number of carbonyl (C=O) groups excluding carboxylic acids is 1. The quantitative estimate of drug-likeness (QED) is 0.628. The Labute approximate surface area is 132 Å². The highest BCUT2D eigenvalue weighted by molar-refractivity contribution is 5.88. The summed E-state index contributed by atoms with van der Waals surface area (Å²) in [6.45, 7) is 0. The van der Waals surface area contributed by atoms with E-state index in [4.69, 9.17) is 14.6 Å². The minimum absolute atomic E-state index is 0.0430. The molecule has 6 heteroatoms. The summed E-state index contributed by atoms with van der Waals surface area (Å²) in [4.78, 5) is 22.8. The molecule has 2 rings (SSSR count). The van der Waals surface area contributed by atoms with Gasteiger partial charge in [-0.1, -0.05) is 12.1 Å². The van der Waals surface area contributed by atoms with Crippen LogP contribution >= 0.6 is 0 Å². The third kappa shape index (κ3) is 4.47. The maximum atomic E-state index is 11.9. The van der Waals surface area contributed by atoms with Crippen LogP contribution in [0, 0.1) is 0 Å². The number of carbonyl (C=O) groups is 2. The third-order valence-corrected chi connectivity index (χ3v) is 3.16. The fourth-order valence-corrected chi connectivity index (χ4v) is 2.02. The Bertz CT molecular complexity index is 723. The monoisotopic (exact) mass is 316 g/mol. The van der Waals surface area contributed by atoms with Gasteiger partial charge in [0.2, 0.25) is 0 Å². The van der Waals surface area contributed by atoms with Crippen molar-refractivity contribution < 1.29 is 29.3 Å². The van der Waals surface area contributed by atoms with E-state index < -0.39 is 11.9 Å². The first-order valence-corrected chi connectivity index (χ1v) is 6.89. The van der Waals surface area contributed by atoms with Crippen molar-refractivity contribution in [1.29, 1.82) is 0 Å². The molecule has 0 bridgehead atoms. The van der Waals surface area contributed by atoms with E-state index in [1.807, 2.05) is 0 Å². The van der Waals surface area contributed by atoms with Crippen molar-refractivity contribution >= 4 is 11.9 Å². The number of carboxylic acid groups (broad SMARTS) is 1. The Morgan fingerprint density at radius 2 is 1.87 bits per heavy atom. The van der Waals surface area contributed by atoms with Crippen molar-refractivity contribution in [2.24, 2.45) is 0 Å². The molecule has 120 valence electrons. The van der Waals surface area contributed by atoms with Gasteiger partial charge in [-0.25, -0.2) is 4.79 Å².